The largest absolute Gasteiger partial charge is 0.481 e. The summed E-state index contributed by atoms with van der Waals surface area (Å²) < 4.78 is 50.5. The van der Waals surface area contributed by atoms with Crippen LogP contribution in [-0.2, 0) is 17.4 Å². The zero-order valence-corrected chi connectivity index (χ0v) is 8.23. The molecule has 0 aromatic heterocycles. The van der Waals surface area contributed by atoms with Crippen molar-refractivity contribution in [2.75, 3.05) is 0 Å². The fraction of sp³-hybridized carbons (Fsp3) is 0.300. The van der Waals surface area contributed by atoms with Gasteiger partial charge in [-0.15, -0.1) is 0 Å². The van der Waals surface area contributed by atoms with E-state index < -0.39 is 35.5 Å². The van der Waals surface area contributed by atoms with Crippen molar-refractivity contribution in [3.63, 3.8) is 0 Å². The number of carboxylic acids is 1. The number of halogens is 4. The van der Waals surface area contributed by atoms with Crippen LogP contribution in [0.2, 0.25) is 0 Å². The van der Waals surface area contributed by atoms with Crippen LogP contribution in [0.5, 0.6) is 0 Å². The molecular weight excluding hydrogens is 228 g/mol. The number of aryl methyl sites for hydroxylation is 1. The smallest absolute Gasteiger partial charge is 0.416 e. The highest BCUT2D eigenvalue weighted by Gasteiger charge is 2.34. The molecule has 0 saturated carbocycles. The van der Waals surface area contributed by atoms with Crippen LogP contribution in [-0.4, -0.2) is 11.1 Å². The van der Waals surface area contributed by atoms with Gasteiger partial charge in [0.2, 0.25) is 0 Å². The van der Waals surface area contributed by atoms with Gasteiger partial charge in [0.15, 0.2) is 0 Å². The summed E-state index contributed by atoms with van der Waals surface area (Å²) in [5, 5.41) is 8.43. The average Bonchev–Trinajstić information content (AvgIpc) is 2.08. The molecular formula is C10H8F4O2. The van der Waals surface area contributed by atoms with E-state index in [0.29, 0.717) is 12.1 Å². The third kappa shape index (κ3) is 2.71. The van der Waals surface area contributed by atoms with Crippen LogP contribution in [0.4, 0.5) is 17.6 Å². The minimum Gasteiger partial charge on any atom is -0.481 e. The van der Waals surface area contributed by atoms with E-state index in [9.17, 15) is 22.4 Å². The molecule has 1 N–H and O–H groups in total. The first kappa shape index (κ1) is 12.5. The van der Waals surface area contributed by atoms with Crippen LogP contribution >= 0.6 is 0 Å². The van der Waals surface area contributed by atoms with Crippen LogP contribution in [0, 0.1) is 12.7 Å². The molecule has 1 aromatic carbocycles. The minimum absolute atomic E-state index is 0.165. The zero-order valence-electron chi connectivity index (χ0n) is 8.23. The summed E-state index contributed by atoms with van der Waals surface area (Å²) in [6.07, 6.45) is -5.53. The molecule has 0 atom stereocenters. The van der Waals surface area contributed by atoms with Crippen LogP contribution in [0.1, 0.15) is 16.7 Å². The maximum atomic E-state index is 13.0. The van der Waals surface area contributed by atoms with Crippen molar-refractivity contribution in [1.82, 2.24) is 0 Å². The fourth-order valence-electron chi connectivity index (χ4n) is 1.30. The molecule has 88 valence electrons. The molecule has 0 saturated heterocycles. The average molecular weight is 236 g/mol. The van der Waals surface area contributed by atoms with Gasteiger partial charge in [-0.3, -0.25) is 4.79 Å². The standard InChI is InChI=1S/C10H8F4O2/c1-5-2-7(10(12,13)14)6(3-8(5)11)4-9(15)16/h2-3H,4H2,1H3,(H,15,16). The van der Waals surface area contributed by atoms with E-state index in [2.05, 4.69) is 0 Å². The Kier molecular flexibility index (Phi) is 3.21. The molecule has 0 aliphatic rings. The summed E-state index contributed by atoms with van der Waals surface area (Å²) in [4.78, 5) is 10.4. The highest BCUT2D eigenvalue weighted by atomic mass is 19.4. The van der Waals surface area contributed by atoms with Gasteiger partial charge in [-0.1, -0.05) is 0 Å². The quantitative estimate of drug-likeness (QED) is 0.801. The maximum Gasteiger partial charge on any atom is 0.416 e. The topological polar surface area (TPSA) is 37.3 Å². The molecule has 0 spiro atoms. The summed E-state index contributed by atoms with van der Waals surface area (Å²) in [5.41, 5.74) is -1.83. The second kappa shape index (κ2) is 4.11. The van der Waals surface area contributed by atoms with E-state index in [4.69, 9.17) is 5.11 Å². The highest BCUT2D eigenvalue weighted by Crippen LogP contribution is 2.33. The predicted molar refractivity (Wildman–Crippen MR) is 47.5 cm³/mol. The molecule has 0 bridgehead atoms. The van der Waals surface area contributed by atoms with Crippen LogP contribution in [0.3, 0.4) is 0 Å². The summed E-state index contributed by atoms with van der Waals surface area (Å²) >= 11 is 0. The Morgan fingerprint density at radius 1 is 1.38 bits per heavy atom. The van der Waals surface area contributed by atoms with Gasteiger partial charge in [0.05, 0.1) is 12.0 Å². The lowest BCUT2D eigenvalue weighted by molar-refractivity contribution is -0.139. The molecule has 6 heteroatoms. The van der Waals surface area contributed by atoms with Gasteiger partial charge in [0.1, 0.15) is 5.82 Å². The van der Waals surface area contributed by atoms with Crippen molar-refractivity contribution in [3.05, 3.63) is 34.6 Å². The molecule has 0 aliphatic heterocycles. The van der Waals surface area contributed by atoms with Gasteiger partial charge < -0.3 is 5.11 Å². The van der Waals surface area contributed by atoms with Crippen LogP contribution in [0.15, 0.2) is 12.1 Å². The molecule has 1 rings (SSSR count). The van der Waals surface area contributed by atoms with Crippen LogP contribution in [0.25, 0.3) is 0 Å². The molecule has 16 heavy (non-hydrogen) atoms. The van der Waals surface area contributed by atoms with Crippen LogP contribution < -0.4 is 0 Å². The van der Waals surface area contributed by atoms with E-state index in [1.54, 1.807) is 0 Å². The Hall–Kier alpha value is -1.59. The lowest BCUT2D eigenvalue weighted by Crippen LogP contribution is -2.13. The molecule has 0 amide bonds. The Balaban J connectivity index is 3.33. The molecule has 0 heterocycles. The lowest BCUT2D eigenvalue weighted by atomic mass is 10.0. The van der Waals surface area contributed by atoms with Crippen molar-refractivity contribution >= 4 is 5.97 Å². The number of carboxylic acid groups (broad SMARTS) is 1. The Labute approximate surface area is 88.5 Å². The Bertz CT molecular complexity index is 424. The fourth-order valence-corrected chi connectivity index (χ4v) is 1.30. The first-order valence-corrected chi connectivity index (χ1v) is 4.30. The summed E-state index contributed by atoms with van der Waals surface area (Å²) in [6.45, 7) is 1.19. The number of hydrogen-bond acceptors (Lipinski definition) is 1. The van der Waals surface area contributed by atoms with E-state index >= 15 is 0 Å². The number of rotatable bonds is 2. The minimum atomic E-state index is -4.68. The predicted octanol–water partition coefficient (Wildman–Crippen LogP) is 2.78. The Morgan fingerprint density at radius 3 is 2.38 bits per heavy atom. The Morgan fingerprint density at radius 2 is 1.94 bits per heavy atom. The molecule has 2 nitrogen and oxygen atoms in total. The monoisotopic (exact) mass is 236 g/mol. The van der Waals surface area contributed by atoms with Gasteiger partial charge in [-0.25, -0.2) is 4.39 Å². The van der Waals surface area contributed by atoms with Crippen molar-refractivity contribution in [3.8, 4) is 0 Å². The summed E-state index contributed by atoms with van der Waals surface area (Å²) in [7, 11) is 0. The van der Waals surface area contributed by atoms with E-state index in [0.717, 1.165) is 0 Å². The lowest BCUT2D eigenvalue weighted by Gasteiger charge is -2.13. The van der Waals surface area contributed by atoms with Crippen molar-refractivity contribution in [2.24, 2.45) is 0 Å². The second-order valence-corrected chi connectivity index (χ2v) is 3.33. The molecule has 0 radical (unpaired) electrons. The number of carbonyl (C=O) groups is 1. The van der Waals surface area contributed by atoms with Gasteiger partial charge >= 0.3 is 12.1 Å². The highest BCUT2D eigenvalue weighted by molar-refractivity contribution is 5.71. The molecule has 1 aromatic rings. The number of aliphatic carboxylic acids is 1. The zero-order chi connectivity index (χ0) is 12.5. The second-order valence-electron chi connectivity index (χ2n) is 3.33. The number of hydrogen-bond donors (Lipinski definition) is 1. The van der Waals surface area contributed by atoms with Gasteiger partial charge in [0, 0.05) is 0 Å². The first-order valence-electron chi connectivity index (χ1n) is 4.30. The van der Waals surface area contributed by atoms with Crippen molar-refractivity contribution < 1.29 is 27.5 Å². The number of benzene rings is 1. The van der Waals surface area contributed by atoms with Gasteiger partial charge in [-0.05, 0) is 30.2 Å². The molecule has 0 fully saturated rings. The van der Waals surface area contributed by atoms with E-state index in [-0.39, 0.29) is 5.56 Å². The van der Waals surface area contributed by atoms with Crippen molar-refractivity contribution in [2.45, 2.75) is 19.5 Å². The summed E-state index contributed by atoms with van der Waals surface area (Å²) in [5.74, 6) is -2.28. The molecule has 0 unspecified atom stereocenters. The molecule has 0 aliphatic carbocycles. The van der Waals surface area contributed by atoms with Gasteiger partial charge in [-0.2, -0.15) is 13.2 Å². The normalized spacial score (nSPS) is 11.6. The summed E-state index contributed by atoms with van der Waals surface area (Å²) in [6, 6.07) is 1.24. The van der Waals surface area contributed by atoms with E-state index in [1.165, 1.54) is 6.92 Å². The maximum absolute atomic E-state index is 13.0. The van der Waals surface area contributed by atoms with Gasteiger partial charge in [0.25, 0.3) is 0 Å². The first-order chi connectivity index (χ1) is 7.21. The third-order valence-electron chi connectivity index (χ3n) is 2.03. The third-order valence-corrected chi connectivity index (χ3v) is 2.03. The SMILES string of the molecule is Cc1cc(C(F)(F)F)c(CC(=O)O)cc1F. The van der Waals surface area contributed by atoms with Crippen molar-refractivity contribution in [1.29, 1.82) is 0 Å². The van der Waals surface area contributed by atoms with E-state index in [1.807, 2.05) is 0 Å². The number of alkyl halides is 3.